The van der Waals surface area contributed by atoms with Gasteiger partial charge in [-0.25, -0.2) is 4.39 Å². The maximum Gasteiger partial charge on any atom is 0.230 e. The first kappa shape index (κ1) is 20.1. The van der Waals surface area contributed by atoms with Gasteiger partial charge in [-0.2, -0.15) is 0 Å². The van der Waals surface area contributed by atoms with E-state index in [0.717, 1.165) is 5.56 Å². The van der Waals surface area contributed by atoms with E-state index in [-0.39, 0.29) is 17.5 Å². The lowest BCUT2D eigenvalue weighted by atomic mass is 10.2. The molecule has 0 atom stereocenters. The van der Waals surface area contributed by atoms with Gasteiger partial charge in [-0.05, 0) is 43.2 Å². The summed E-state index contributed by atoms with van der Waals surface area (Å²) in [4.78, 5) is 12.0. The molecule has 0 aromatic heterocycles. The van der Waals surface area contributed by atoms with Gasteiger partial charge in [0.05, 0.1) is 19.0 Å². The molecule has 1 amide bonds. The van der Waals surface area contributed by atoms with E-state index in [4.69, 9.17) is 9.47 Å². The molecule has 0 bridgehead atoms. The number of halogens is 1. The van der Waals surface area contributed by atoms with Gasteiger partial charge in [0.1, 0.15) is 5.82 Å². The van der Waals surface area contributed by atoms with E-state index in [1.54, 1.807) is 18.2 Å². The number of amides is 1. The third-order valence-electron chi connectivity index (χ3n) is 3.55. The minimum atomic E-state index is -0.238. The van der Waals surface area contributed by atoms with Crippen LogP contribution in [0.4, 0.5) is 4.39 Å². The standard InChI is InChI=1S/C20H24FNO3S/c1-3-24-18-10-9-15(11-19(18)25-4-2)12-22-20(23)14-26-13-16-7-5-6-8-17(16)21/h5-11H,3-4,12-14H2,1-2H3,(H,22,23). The SMILES string of the molecule is CCOc1ccc(CNC(=O)CSCc2ccccc2F)cc1OCC. The van der Waals surface area contributed by atoms with E-state index in [0.29, 0.717) is 42.6 Å². The first-order valence-corrected chi connectivity index (χ1v) is 9.75. The normalized spacial score (nSPS) is 10.4. The van der Waals surface area contributed by atoms with Crippen molar-refractivity contribution < 1.29 is 18.7 Å². The smallest absolute Gasteiger partial charge is 0.230 e. The summed E-state index contributed by atoms with van der Waals surface area (Å²) in [6, 6.07) is 12.2. The summed E-state index contributed by atoms with van der Waals surface area (Å²) >= 11 is 1.39. The summed E-state index contributed by atoms with van der Waals surface area (Å²) in [5, 5.41) is 2.87. The number of hydrogen-bond donors (Lipinski definition) is 1. The molecule has 2 aromatic carbocycles. The van der Waals surface area contributed by atoms with Crippen LogP contribution in [0, 0.1) is 5.82 Å². The van der Waals surface area contributed by atoms with E-state index in [1.165, 1.54) is 17.8 Å². The lowest BCUT2D eigenvalue weighted by Crippen LogP contribution is -2.24. The number of ether oxygens (including phenoxy) is 2. The van der Waals surface area contributed by atoms with Crippen LogP contribution in [-0.4, -0.2) is 24.9 Å². The van der Waals surface area contributed by atoms with Crippen LogP contribution in [0.3, 0.4) is 0 Å². The Balaban J connectivity index is 1.81. The second-order valence-corrected chi connectivity index (χ2v) is 6.49. The molecule has 0 fully saturated rings. The first-order chi connectivity index (χ1) is 12.6. The maximum absolute atomic E-state index is 13.5. The molecule has 140 valence electrons. The van der Waals surface area contributed by atoms with Crippen molar-refractivity contribution >= 4 is 17.7 Å². The quantitative estimate of drug-likeness (QED) is 0.675. The zero-order valence-corrected chi connectivity index (χ0v) is 15.9. The maximum atomic E-state index is 13.5. The second-order valence-electron chi connectivity index (χ2n) is 5.51. The Morgan fingerprint density at radius 1 is 1.08 bits per heavy atom. The molecule has 0 aliphatic rings. The van der Waals surface area contributed by atoms with Gasteiger partial charge in [0.15, 0.2) is 11.5 Å². The van der Waals surface area contributed by atoms with Crippen LogP contribution in [-0.2, 0) is 17.1 Å². The number of hydrogen-bond acceptors (Lipinski definition) is 4. The van der Waals surface area contributed by atoms with Gasteiger partial charge in [0.25, 0.3) is 0 Å². The molecular formula is C20H24FNO3S. The van der Waals surface area contributed by atoms with Crippen molar-refractivity contribution in [2.75, 3.05) is 19.0 Å². The molecule has 0 unspecified atom stereocenters. The Morgan fingerprint density at radius 3 is 2.54 bits per heavy atom. The highest BCUT2D eigenvalue weighted by Gasteiger charge is 2.08. The summed E-state index contributed by atoms with van der Waals surface area (Å²) in [6.45, 7) is 5.35. The number of thioether (sulfide) groups is 1. The van der Waals surface area contributed by atoms with E-state index < -0.39 is 0 Å². The number of carbonyl (C=O) groups excluding carboxylic acids is 1. The Labute approximate surface area is 158 Å². The Morgan fingerprint density at radius 2 is 1.81 bits per heavy atom. The first-order valence-electron chi connectivity index (χ1n) is 8.60. The van der Waals surface area contributed by atoms with E-state index in [9.17, 15) is 9.18 Å². The van der Waals surface area contributed by atoms with Gasteiger partial charge < -0.3 is 14.8 Å². The average molecular weight is 377 g/mol. The number of nitrogens with one attached hydrogen (secondary N) is 1. The molecule has 2 aromatic rings. The highest BCUT2D eigenvalue weighted by molar-refractivity contribution is 7.99. The zero-order valence-electron chi connectivity index (χ0n) is 15.1. The lowest BCUT2D eigenvalue weighted by molar-refractivity contribution is -0.118. The molecule has 1 N–H and O–H groups in total. The van der Waals surface area contributed by atoms with Crippen LogP contribution in [0.2, 0.25) is 0 Å². The molecule has 4 nitrogen and oxygen atoms in total. The summed E-state index contributed by atoms with van der Waals surface area (Å²) in [5.74, 6) is 1.80. The molecule has 6 heteroatoms. The topological polar surface area (TPSA) is 47.6 Å². The van der Waals surface area contributed by atoms with Crippen LogP contribution in [0.1, 0.15) is 25.0 Å². The lowest BCUT2D eigenvalue weighted by Gasteiger charge is -2.13. The van der Waals surface area contributed by atoms with Crippen molar-refractivity contribution in [2.24, 2.45) is 0 Å². The minimum Gasteiger partial charge on any atom is -0.490 e. The van der Waals surface area contributed by atoms with Crippen LogP contribution >= 0.6 is 11.8 Å². The van der Waals surface area contributed by atoms with Gasteiger partial charge in [0, 0.05) is 12.3 Å². The van der Waals surface area contributed by atoms with Crippen molar-refractivity contribution in [1.82, 2.24) is 5.32 Å². The molecule has 0 heterocycles. The molecule has 0 aliphatic heterocycles. The fraction of sp³-hybridized carbons (Fsp3) is 0.350. The Kier molecular flexibility index (Phi) is 8.28. The molecule has 26 heavy (non-hydrogen) atoms. The van der Waals surface area contributed by atoms with Gasteiger partial charge in [-0.15, -0.1) is 11.8 Å². The molecule has 2 rings (SSSR count). The third kappa shape index (κ3) is 6.26. The van der Waals surface area contributed by atoms with E-state index in [1.807, 2.05) is 32.0 Å². The van der Waals surface area contributed by atoms with Crippen LogP contribution < -0.4 is 14.8 Å². The van der Waals surface area contributed by atoms with E-state index in [2.05, 4.69) is 5.32 Å². The molecule has 0 radical (unpaired) electrons. The van der Waals surface area contributed by atoms with Gasteiger partial charge in [-0.1, -0.05) is 24.3 Å². The molecular weight excluding hydrogens is 353 g/mol. The summed E-state index contributed by atoms with van der Waals surface area (Å²) in [5.41, 5.74) is 1.54. The predicted octanol–water partition coefficient (Wildman–Crippen LogP) is 4.17. The van der Waals surface area contributed by atoms with Crippen molar-refractivity contribution in [3.05, 3.63) is 59.4 Å². The molecule has 0 saturated heterocycles. The van der Waals surface area contributed by atoms with Gasteiger partial charge in [0.2, 0.25) is 5.91 Å². The van der Waals surface area contributed by atoms with Crippen molar-refractivity contribution in [3.8, 4) is 11.5 Å². The van der Waals surface area contributed by atoms with Crippen LogP contribution in [0.15, 0.2) is 42.5 Å². The van der Waals surface area contributed by atoms with E-state index >= 15 is 0 Å². The predicted molar refractivity (Wildman–Crippen MR) is 103 cm³/mol. The van der Waals surface area contributed by atoms with Crippen molar-refractivity contribution in [1.29, 1.82) is 0 Å². The number of carbonyl (C=O) groups is 1. The zero-order chi connectivity index (χ0) is 18.8. The molecule has 0 spiro atoms. The monoisotopic (exact) mass is 377 g/mol. The fourth-order valence-corrected chi connectivity index (χ4v) is 3.17. The Bertz CT molecular complexity index is 724. The summed E-state index contributed by atoms with van der Waals surface area (Å²) in [6.07, 6.45) is 0. The van der Waals surface area contributed by atoms with Crippen LogP contribution in [0.25, 0.3) is 0 Å². The van der Waals surface area contributed by atoms with Gasteiger partial charge >= 0.3 is 0 Å². The highest BCUT2D eigenvalue weighted by Crippen LogP contribution is 2.28. The summed E-state index contributed by atoms with van der Waals surface area (Å²) in [7, 11) is 0. The molecule has 0 aliphatic carbocycles. The second kappa shape index (κ2) is 10.7. The average Bonchev–Trinajstić information content (AvgIpc) is 2.64. The van der Waals surface area contributed by atoms with Crippen LogP contribution in [0.5, 0.6) is 11.5 Å². The number of benzene rings is 2. The van der Waals surface area contributed by atoms with Crippen molar-refractivity contribution in [2.45, 2.75) is 26.1 Å². The minimum absolute atomic E-state index is 0.0850. The Hall–Kier alpha value is -2.21. The largest absolute Gasteiger partial charge is 0.490 e. The third-order valence-corrected chi connectivity index (χ3v) is 4.53. The summed E-state index contributed by atoms with van der Waals surface area (Å²) < 4.78 is 24.6. The number of rotatable bonds is 10. The van der Waals surface area contributed by atoms with Gasteiger partial charge in [-0.3, -0.25) is 4.79 Å². The van der Waals surface area contributed by atoms with Crippen molar-refractivity contribution in [3.63, 3.8) is 0 Å². The highest BCUT2D eigenvalue weighted by atomic mass is 32.2. The molecule has 0 saturated carbocycles. The fourth-order valence-electron chi connectivity index (χ4n) is 2.33.